The molecule has 1 aliphatic heterocycles. The van der Waals surface area contributed by atoms with Crippen molar-refractivity contribution in [1.82, 2.24) is 4.98 Å². The van der Waals surface area contributed by atoms with Gasteiger partial charge in [-0.3, -0.25) is 0 Å². The minimum absolute atomic E-state index is 0.577. The van der Waals surface area contributed by atoms with Gasteiger partial charge in [-0.1, -0.05) is 19.3 Å². The smallest absolute Gasteiger partial charge is 0.239 e. The lowest BCUT2D eigenvalue weighted by Crippen LogP contribution is -2.41. The molecule has 2 N–H and O–H groups in total. The zero-order chi connectivity index (χ0) is 14.7. The van der Waals surface area contributed by atoms with Gasteiger partial charge in [-0.05, 0) is 50.2 Å². The Bertz CT molecular complexity index is 473. The van der Waals surface area contributed by atoms with Crippen molar-refractivity contribution < 1.29 is 4.74 Å². The fraction of sp³-hybridized carbons (Fsp3) is 0.706. The van der Waals surface area contributed by atoms with Crippen LogP contribution in [0.1, 0.15) is 51.9 Å². The first-order valence-electron chi connectivity index (χ1n) is 8.37. The summed E-state index contributed by atoms with van der Waals surface area (Å²) in [6, 6.07) is 3.94. The molecule has 4 nitrogen and oxygen atoms in total. The van der Waals surface area contributed by atoms with E-state index in [0.29, 0.717) is 23.6 Å². The predicted molar refractivity (Wildman–Crippen MR) is 86.8 cm³/mol. The largest absolute Gasteiger partial charge is 0.476 e. The Morgan fingerprint density at radius 2 is 1.86 bits per heavy atom. The van der Waals surface area contributed by atoms with Crippen LogP contribution in [0, 0.1) is 5.41 Å². The van der Waals surface area contributed by atoms with E-state index in [0.717, 1.165) is 18.9 Å². The maximum absolute atomic E-state index is 5.91. The van der Waals surface area contributed by atoms with Crippen molar-refractivity contribution in [2.45, 2.75) is 51.9 Å². The summed E-state index contributed by atoms with van der Waals surface area (Å²) in [6.45, 7) is 4.79. The highest BCUT2D eigenvalue weighted by Crippen LogP contribution is 2.45. The van der Waals surface area contributed by atoms with Crippen molar-refractivity contribution in [3.63, 3.8) is 0 Å². The van der Waals surface area contributed by atoms with Crippen LogP contribution in [0.15, 0.2) is 12.1 Å². The van der Waals surface area contributed by atoms with Crippen LogP contribution in [-0.2, 0) is 0 Å². The van der Waals surface area contributed by atoms with Crippen LogP contribution >= 0.6 is 0 Å². The first-order valence-corrected chi connectivity index (χ1v) is 8.37. The van der Waals surface area contributed by atoms with Gasteiger partial charge in [-0.2, -0.15) is 4.98 Å². The Balaban J connectivity index is 1.67. The van der Waals surface area contributed by atoms with E-state index < -0.39 is 0 Å². The van der Waals surface area contributed by atoms with Crippen LogP contribution < -0.4 is 15.4 Å². The molecular formula is C17H27N3O. The lowest BCUT2D eigenvalue weighted by molar-refractivity contribution is 0.144. The van der Waals surface area contributed by atoms with Crippen LogP contribution in [0.4, 0.5) is 11.5 Å². The lowest BCUT2D eigenvalue weighted by atomic mass is 9.68. The number of hydrogen-bond acceptors (Lipinski definition) is 4. The second kappa shape index (κ2) is 6.12. The van der Waals surface area contributed by atoms with Crippen LogP contribution in [0.5, 0.6) is 5.88 Å². The van der Waals surface area contributed by atoms with Gasteiger partial charge < -0.3 is 15.4 Å². The predicted octanol–water partition coefficient (Wildman–Crippen LogP) is 3.61. The van der Waals surface area contributed by atoms with E-state index in [2.05, 4.69) is 9.88 Å². The van der Waals surface area contributed by atoms with Gasteiger partial charge in [0, 0.05) is 13.1 Å². The van der Waals surface area contributed by atoms with E-state index >= 15 is 0 Å². The van der Waals surface area contributed by atoms with Crippen molar-refractivity contribution in [1.29, 1.82) is 0 Å². The van der Waals surface area contributed by atoms with Crippen molar-refractivity contribution >= 4 is 11.5 Å². The molecule has 2 heterocycles. The van der Waals surface area contributed by atoms with E-state index in [9.17, 15) is 0 Å². The summed E-state index contributed by atoms with van der Waals surface area (Å²) < 4.78 is 5.52. The summed E-state index contributed by atoms with van der Waals surface area (Å²) in [5, 5.41) is 0. The third-order valence-electron chi connectivity index (χ3n) is 5.22. The van der Waals surface area contributed by atoms with E-state index in [1.807, 2.05) is 19.1 Å². The third kappa shape index (κ3) is 3.09. The van der Waals surface area contributed by atoms with Gasteiger partial charge in [-0.25, -0.2) is 0 Å². The molecule has 0 unspecified atom stereocenters. The topological polar surface area (TPSA) is 51.4 Å². The molecule has 116 valence electrons. The number of nitrogens with zero attached hydrogens (tertiary/aromatic N) is 2. The normalized spacial score (nSPS) is 21.5. The Morgan fingerprint density at radius 3 is 2.52 bits per heavy atom. The summed E-state index contributed by atoms with van der Waals surface area (Å²) in [7, 11) is 0. The molecule has 0 radical (unpaired) electrons. The number of nitrogens with two attached hydrogens (primary N) is 1. The summed E-state index contributed by atoms with van der Waals surface area (Å²) >= 11 is 0. The maximum Gasteiger partial charge on any atom is 0.239 e. The Hall–Kier alpha value is -1.45. The SMILES string of the molecule is CCOc1nc(N2CCC3(CCCCC3)CC2)ccc1N. The molecule has 1 aromatic heterocycles. The summed E-state index contributed by atoms with van der Waals surface area (Å²) in [5.74, 6) is 1.59. The molecule has 1 spiro atoms. The number of piperidine rings is 1. The molecule has 1 saturated carbocycles. The summed E-state index contributed by atoms with van der Waals surface area (Å²) in [4.78, 5) is 6.99. The maximum atomic E-state index is 5.91. The summed E-state index contributed by atoms with van der Waals surface area (Å²) in [6.07, 6.45) is 9.76. The highest BCUT2D eigenvalue weighted by atomic mass is 16.5. The average molecular weight is 289 g/mol. The van der Waals surface area contributed by atoms with Crippen molar-refractivity contribution in [3.05, 3.63) is 12.1 Å². The van der Waals surface area contributed by atoms with E-state index in [1.165, 1.54) is 44.9 Å². The van der Waals surface area contributed by atoms with Crippen molar-refractivity contribution in [3.8, 4) is 5.88 Å². The number of nitrogen functional groups attached to an aromatic ring is 1. The zero-order valence-corrected chi connectivity index (χ0v) is 13.1. The molecule has 1 saturated heterocycles. The fourth-order valence-corrected chi connectivity index (χ4v) is 3.88. The molecule has 1 aromatic rings. The second-order valence-electron chi connectivity index (χ2n) is 6.54. The van der Waals surface area contributed by atoms with Gasteiger partial charge in [-0.15, -0.1) is 0 Å². The quantitative estimate of drug-likeness (QED) is 0.923. The van der Waals surface area contributed by atoms with E-state index in [1.54, 1.807) is 0 Å². The monoisotopic (exact) mass is 289 g/mol. The average Bonchev–Trinajstić information content (AvgIpc) is 2.52. The van der Waals surface area contributed by atoms with E-state index in [-0.39, 0.29) is 0 Å². The number of aromatic nitrogens is 1. The standard InChI is InChI=1S/C17H27N3O/c1-2-21-16-14(18)6-7-15(19-16)20-12-10-17(11-13-20)8-4-3-5-9-17/h6-7H,2-5,8-13,18H2,1H3. The van der Waals surface area contributed by atoms with Crippen LogP contribution in [0.2, 0.25) is 0 Å². The molecule has 1 aliphatic carbocycles. The molecular weight excluding hydrogens is 262 g/mol. The van der Waals surface area contributed by atoms with Crippen molar-refractivity contribution in [2.24, 2.45) is 5.41 Å². The second-order valence-corrected chi connectivity index (χ2v) is 6.54. The first-order chi connectivity index (χ1) is 10.2. The van der Waals surface area contributed by atoms with Gasteiger partial charge in [0.15, 0.2) is 0 Å². The molecule has 0 aromatic carbocycles. The molecule has 2 aliphatic rings. The number of pyridine rings is 1. The lowest BCUT2D eigenvalue weighted by Gasteiger charge is -2.44. The highest BCUT2D eigenvalue weighted by Gasteiger charge is 2.35. The number of rotatable bonds is 3. The minimum Gasteiger partial charge on any atom is -0.476 e. The Kier molecular flexibility index (Phi) is 4.22. The number of ether oxygens (including phenoxy) is 1. The van der Waals surface area contributed by atoms with Gasteiger partial charge >= 0.3 is 0 Å². The number of hydrogen-bond donors (Lipinski definition) is 1. The first kappa shape index (κ1) is 14.5. The molecule has 0 atom stereocenters. The molecule has 0 amide bonds. The van der Waals surface area contributed by atoms with Crippen LogP contribution in [-0.4, -0.2) is 24.7 Å². The summed E-state index contributed by atoms with van der Waals surface area (Å²) in [5.41, 5.74) is 7.17. The third-order valence-corrected chi connectivity index (χ3v) is 5.22. The van der Waals surface area contributed by atoms with Gasteiger partial charge in [0.1, 0.15) is 5.82 Å². The van der Waals surface area contributed by atoms with Crippen LogP contribution in [0.25, 0.3) is 0 Å². The van der Waals surface area contributed by atoms with Gasteiger partial charge in [0.05, 0.1) is 12.3 Å². The Morgan fingerprint density at radius 1 is 1.14 bits per heavy atom. The molecule has 21 heavy (non-hydrogen) atoms. The molecule has 0 bridgehead atoms. The molecule has 2 fully saturated rings. The highest BCUT2D eigenvalue weighted by molar-refractivity contribution is 5.54. The number of anilines is 2. The van der Waals surface area contributed by atoms with E-state index in [4.69, 9.17) is 10.5 Å². The van der Waals surface area contributed by atoms with Gasteiger partial charge in [0.25, 0.3) is 0 Å². The molecule has 4 heteroatoms. The van der Waals surface area contributed by atoms with Crippen LogP contribution in [0.3, 0.4) is 0 Å². The fourth-order valence-electron chi connectivity index (χ4n) is 3.88. The minimum atomic E-state index is 0.577. The molecule has 3 rings (SSSR count). The van der Waals surface area contributed by atoms with Crippen molar-refractivity contribution in [2.75, 3.05) is 30.3 Å². The Labute approximate surface area is 127 Å². The van der Waals surface area contributed by atoms with Gasteiger partial charge in [0.2, 0.25) is 5.88 Å². The zero-order valence-electron chi connectivity index (χ0n) is 13.1.